The van der Waals surface area contributed by atoms with Gasteiger partial charge in [0.05, 0.1) is 10.2 Å². The van der Waals surface area contributed by atoms with Crippen LogP contribution in [0.1, 0.15) is 25.0 Å². The summed E-state index contributed by atoms with van der Waals surface area (Å²) in [5.41, 5.74) is 9.91. The number of para-hydroxylation sites is 1. The third kappa shape index (κ3) is 2.96. The molecule has 5 aromatic rings. The number of fused-ring (bicyclic) bond motifs is 4. The number of anilines is 2. The summed E-state index contributed by atoms with van der Waals surface area (Å²) in [5, 5.41) is 4.65. The molecule has 3 heteroatoms. The highest BCUT2D eigenvalue weighted by atomic mass is 32.1. The monoisotopic (exact) mass is 418 g/mol. The van der Waals surface area contributed by atoms with Crippen molar-refractivity contribution in [2.75, 3.05) is 5.32 Å². The van der Waals surface area contributed by atoms with Gasteiger partial charge in [-0.25, -0.2) is 4.98 Å². The average Bonchev–Trinajstić information content (AvgIpc) is 3.32. The lowest BCUT2D eigenvalue weighted by Crippen LogP contribution is -2.15. The van der Waals surface area contributed by atoms with Gasteiger partial charge in [0.25, 0.3) is 0 Å². The van der Waals surface area contributed by atoms with Crippen molar-refractivity contribution in [3.05, 3.63) is 102 Å². The van der Waals surface area contributed by atoms with Crippen LogP contribution in [0.5, 0.6) is 0 Å². The van der Waals surface area contributed by atoms with Gasteiger partial charge in [-0.1, -0.05) is 56.3 Å². The summed E-state index contributed by atoms with van der Waals surface area (Å²) in [6.45, 7) is 4.63. The molecule has 2 nitrogen and oxygen atoms in total. The molecule has 1 heterocycles. The van der Waals surface area contributed by atoms with Gasteiger partial charge < -0.3 is 5.32 Å². The number of hydrogen-bond acceptors (Lipinski definition) is 3. The molecule has 4 aromatic carbocycles. The summed E-state index contributed by atoms with van der Waals surface area (Å²) < 4.78 is 1.22. The van der Waals surface area contributed by atoms with Gasteiger partial charge in [-0.2, -0.15) is 0 Å². The number of nitrogens with one attached hydrogen (secondary N) is 1. The van der Waals surface area contributed by atoms with Crippen LogP contribution in [0.15, 0.2) is 91.0 Å². The molecule has 0 spiro atoms. The summed E-state index contributed by atoms with van der Waals surface area (Å²) in [6.07, 6.45) is 0. The van der Waals surface area contributed by atoms with Gasteiger partial charge in [-0.05, 0) is 70.8 Å². The molecule has 1 aromatic heterocycles. The molecule has 0 saturated heterocycles. The Bertz CT molecular complexity index is 1390. The highest BCUT2D eigenvalue weighted by molar-refractivity contribution is 7.21. The van der Waals surface area contributed by atoms with E-state index in [0.29, 0.717) is 0 Å². The number of rotatable bonds is 3. The predicted molar refractivity (Wildman–Crippen MR) is 132 cm³/mol. The molecule has 0 atom stereocenters. The first-order valence-corrected chi connectivity index (χ1v) is 11.4. The predicted octanol–water partition coefficient (Wildman–Crippen LogP) is 8.01. The van der Waals surface area contributed by atoms with Crippen LogP contribution in [0.4, 0.5) is 11.4 Å². The van der Waals surface area contributed by atoms with Crippen LogP contribution >= 0.6 is 11.3 Å². The van der Waals surface area contributed by atoms with Crippen LogP contribution in [0.2, 0.25) is 0 Å². The van der Waals surface area contributed by atoms with Crippen molar-refractivity contribution >= 4 is 32.9 Å². The van der Waals surface area contributed by atoms with Crippen molar-refractivity contribution in [3.63, 3.8) is 0 Å². The highest BCUT2D eigenvalue weighted by Crippen LogP contribution is 2.49. The standard InChI is InChI=1S/C28H22N2S/c1-28(2)23-8-4-3-7-21(23)22-16-15-20(17-24(22)28)29-19-13-11-18(12-14-19)27-30-25-9-5-6-10-26(25)31-27/h3-17,29H,1-2H3. The van der Waals surface area contributed by atoms with Crippen LogP contribution in [-0.2, 0) is 5.41 Å². The van der Waals surface area contributed by atoms with Gasteiger partial charge in [0.1, 0.15) is 5.01 Å². The Balaban J connectivity index is 1.29. The minimum absolute atomic E-state index is 0.0142. The normalized spacial score (nSPS) is 13.7. The number of aromatic nitrogens is 1. The van der Waals surface area contributed by atoms with E-state index < -0.39 is 0 Å². The zero-order chi connectivity index (χ0) is 21.0. The lowest BCUT2D eigenvalue weighted by atomic mass is 9.82. The molecule has 0 radical (unpaired) electrons. The Kier molecular flexibility index (Phi) is 4.02. The lowest BCUT2D eigenvalue weighted by molar-refractivity contribution is 0.660. The minimum Gasteiger partial charge on any atom is -0.356 e. The number of hydrogen-bond donors (Lipinski definition) is 1. The SMILES string of the molecule is CC1(C)c2ccccc2-c2ccc(Nc3ccc(-c4nc5ccccc5s4)cc3)cc21. The fraction of sp³-hybridized carbons (Fsp3) is 0.107. The van der Waals surface area contributed by atoms with Gasteiger partial charge in [-0.3, -0.25) is 0 Å². The van der Waals surface area contributed by atoms with Gasteiger partial charge in [-0.15, -0.1) is 11.3 Å². The fourth-order valence-electron chi connectivity index (χ4n) is 4.64. The van der Waals surface area contributed by atoms with E-state index in [1.807, 2.05) is 6.07 Å². The van der Waals surface area contributed by atoms with Crippen LogP contribution in [-0.4, -0.2) is 4.98 Å². The van der Waals surface area contributed by atoms with Crippen molar-refractivity contribution < 1.29 is 0 Å². The van der Waals surface area contributed by atoms with Gasteiger partial charge in [0, 0.05) is 22.4 Å². The van der Waals surface area contributed by atoms with E-state index in [1.54, 1.807) is 11.3 Å². The molecule has 0 saturated carbocycles. The molecule has 150 valence electrons. The van der Waals surface area contributed by atoms with Crippen LogP contribution in [0.25, 0.3) is 31.9 Å². The Morgan fingerprint density at radius 1 is 0.710 bits per heavy atom. The molecule has 6 rings (SSSR count). The zero-order valence-electron chi connectivity index (χ0n) is 17.5. The molecule has 31 heavy (non-hydrogen) atoms. The van der Waals surface area contributed by atoms with E-state index in [-0.39, 0.29) is 5.41 Å². The maximum atomic E-state index is 4.77. The van der Waals surface area contributed by atoms with Gasteiger partial charge >= 0.3 is 0 Å². The molecular weight excluding hydrogens is 396 g/mol. The van der Waals surface area contributed by atoms with E-state index in [9.17, 15) is 0 Å². The molecule has 1 N–H and O–H groups in total. The molecule has 0 fully saturated rings. The van der Waals surface area contributed by atoms with E-state index >= 15 is 0 Å². The van der Waals surface area contributed by atoms with E-state index in [4.69, 9.17) is 4.98 Å². The van der Waals surface area contributed by atoms with E-state index in [1.165, 1.54) is 27.0 Å². The Morgan fingerprint density at radius 2 is 1.42 bits per heavy atom. The lowest BCUT2D eigenvalue weighted by Gasteiger charge is -2.22. The maximum absolute atomic E-state index is 4.77. The third-order valence-electron chi connectivity index (χ3n) is 6.30. The minimum atomic E-state index is 0.0142. The molecule has 0 bridgehead atoms. The second-order valence-corrected chi connectivity index (χ2v) is 9.65. The quantitative estimate of drug-likeness (QED) is 0.321. The van der Waals surface area contributed by atoms with Crippen LogP contribution in [0, 0.1) is 0 Å². The van der Waals surface area contributed by atoms with Crippen molar-refractivity contribution in [2.24, 2.45) is 0 Å². The van der Waals surface area contributed by atoms with E-state index in [0.717, 1.165) is 27.5 Å². The first-order chi connectivity index (χ1) is 15.1. The fourth-order valence-corrected chi connectivity index (χ4v) is 5.61. The Morgan fingerprint density at radius 3 is 2.26 bits per heavy atom. The summed E-state index contributed by atoms with van der Waals surface area (Å²) >= 11 is 1.74. The number of thiazole rings is 1. The maximum Gasteiger partial charge on any atom is 0.124 e. The Hall–Kier alpha value is -3.43. The highest BCUT2D eigenvalue weighted by Gasteiger charge is 2.35. The van der Waals surface area contributed by atoms with Gasteiger partial charge in [0.2, 0.25) is 0 Å². The third-order valence-corrected chi connectivity index (χ3v) is 7.38. The second kappa shape index (κ2) is 6.79. The van der Waals surface area contributed by atoms with Crippen LogP contribution < -0.4 is 5.32 Å². The van der Waals surface area contributed by atoms with Crippen molar-refractivity contribution in [1.29, 1.82) is 0 Å². The molecule has 0 aliphatic heterocycles. The molecule has 1 aliphatic rings. The largest absolute Gasteiger partial charge is 0.356 e. The van der Waals surface area contributed by atoms with E-state index in [2.05, 4.69) is 104 Å². The van der Waals surface area contributed by atoms with Crippen LogP contribution in [0.3, 0.4) is 0 Å². The first-order valence-electron chi connectivity index (χ1n) is 10.6. The Labute approximate surface area is 186 Å². The van der Waals surface area contributed by atoms with Crippen molar-refractivity contribution in [1.82, 2.24) is 4.98 Å². The molecule has 1 aliphatic carbocycles. The first kappa shape index (κ1) is 18.3. The average molecular weight is 419 g/mol. The summed E-state index contributed by atoms with van der Waals surface area (Å²) in [5.74, 6) is 0. The number of benzene rings is 4. The van der Waals surface area contributed by atoms with Crippen molar-refractivity contribution in [2.45, 2.75) is 19.3 Å². The van der Waals surface area contributed by atoms with Crippen molar-refractivity contribution in [3.8, 4) is 21.7 Å². The summed E-state index contributed by atoms with van der Waals surface area (Å²) in [6, 6.07) is 32.3. The topological polar surface area (TPSA) is 24.9 Å². The molecule has 0 amide bonds. The molecular formula is C28H22N2S. The molecule has 0 unspecified atom stereocenters. The zero-order valence-corrected chi connectivity index (χ0v) is 18.3. The smallest absolute Gasteiger partial charge is 0.124 e. The summed E-state index contributed by atoms with van der Waals surface area (Å²) in [7, 11) is 0. The second-order valence-electron chi connectivity index (χ2n) is 8.62. The number of nitrogens with zero attached hydrogens (tertiary/aromatic N) is 1. The summed E-state index contributed by atoms with van der Waals surface area (Å²) in [4.78, 5) is 4.77. The van der Waals surface area contributed by atoms with Gasteiger partial charge in [0.15, 0.2) is 0 Å².